The van der Waals surface area contributed by atoms with Gasteiger partial charge in [0.15, 0.2) is 5.82 Å². The van der Waals surface area contributed by atoms with Gasteiger partial charge in [-0.15, -0.1) is 0 Å². The van der Waals surface area contributed by atoms with Crippen molar-refractivity contribution >= 4 is 17.1 Å². The highest BCUT2D eigenvalue weighted by molar-refractivity contribution is 5.85. The molecule has 1 heterocycles. The number of hydrogen-bond acceptors (Lipinski definition) is 5. The molecule has 0 bridgehead atoms. The molecule has 4 rings (SSSR count). The fraction of sp³-hybridized carbons (Fsp3) is 0.0870. The molecule has 6 heteroatoms. The van der Waals surface area contributed by atoms with Crippen molar-refractivity contribution in [1.82, 2.24) is 9.66 Å². The molecule has 0 spiro atoms. The van der Waals surface area contributed by atoms with Gasteiger partial charge in [0.2, 0.25) is 0 Å². The molecule has 6 nitrogen and oxygen atoms in total. The first-order chi connectivity index (χ1) is 14.2. The Balaban J connectivity index is 1.90. The molecule has 29 heavy (non-hydrogen) atoms. The van der Waals surface area contributed by atoms with Crippen LogP contribution in [0.4, 0.5) is 0 Å². The van der Waals surface area contributed by atoms with Crippen molar-refractivity contribution < 1.29 is 9.47 Å². The van der Waals surface area contributed by atoms with Crippen molar-refractivity contribution in [3.05, 3.63) is 88.7 Å². The van der Waals surface area contributed by atoms with Crippen molar-refractivity contribution in [3.8, 4) is 22.9 Å². The number of rotatable bonds is 5. The molecule has 0 aliphatic carbocycles. The van der Waals surface area contributed by atoms with Gasteiger partial charge in [0.05, 0.1) is 31.3 Å². The molecule has 0 saturated heterocycles. The van der Waals surface area contributed by atoms with E-state index in [1.54, 1.807) is 32.6 Å². The van der Waals surface area contributed by atoms with Crippen LogP contribution in [0.5, 0.6) is 11.5 Å². The van der Waals surface area contributed by atoms with E-state index < -0.39 is 0 Å². The molecule has 0 fully saturated rings. The topological polar surface area (TPSA) is 65.7 Å². The number of ether oxygens (including phenoxy) is 2. The molecule has 144 valence electrons. The second-order valence-corrected chi connectivity index (χ2v) is 6.29. The lowest BCUT2D eigenvalue weighted by Crippen LogP contribution is -2.20. The van der Waals surface area contributed by atoms with Crippen LogP contribution in [0.15, 0.2) is 82.7 Å². The number of para-hydroxylation sites is 1. The van der Waals surface area contributed by atoms with Crippen molar-refractivity contribution in [1.29, 1.82) is 0 Å². The number of benzene rings is 3. The summed E-state index contributed by atoms with van der Waals surface area (Å²) in [6.07, 6.45) is 1.59. The fourth-order valence-electron chi connectivity index (χ4n) is 3.05. The Labute approximate surface area is 167 Å². The SMILES string of the molecule is COc1ccc(C=Nn2c(-c3ccccc3)nc3ccccc3c2=O)c(OC)c1. The minimum absolute atomic E-state index is 0.238. The van der Waals surface area contributed by atoms with Gasteiger partial charge in [-0.05, 0) is 24.3 Å². The Kier molecular flexibility index (Phi) is 5.07. The van der Waals surface area contributed by atoms with Crippen LogP contribution in [0.1, 0.15) is 5.56 Å². The van der Waals surface area contributed by atoms with Gasteiger partial charge in [0.25, 0.3) is 5.56 Å². The quantitative estimate of drug-likeness (QED) is 0.488. The maximum absolute atomic E-state index is 13.2. The predicted octanol–water partition coefficient (Wildman–Crippen LogP) is 3.96. The highest BCUT2D eigenvalue weighted by atomic mass is 16.5. The summed E-state index contributed by atoms with van der Waals surface area (Å²) in [5.74, 6) is 1.74. The lowest BCUT2D eigenvalue weighted by Gasteiger charge is -2.10. The average molecular weight is 385 g/mol. The van der Waals surface area contributed by atoms with Gasteiger partial charge < -0.3 is 9.47 Å². The zero-order valence-corrected chi connectivity index (χ0v) is 16.1. The molecule has 0 radical (unpaired) electrons. The van der Waals surface area contributed by atoms with Gasteiger partial charge in [-0.3, -0.25) is 4.79 Å². The van der Waals surface area contributed by atoms with Crippen LogP contribution in [0.2, 0.25) is 0 Å². The summed E-state index contributed by atoms with van der Waals surface area (Å²) in [4.78, 5) is 17.8. The normalized spacial score (nSPS) is 11.1. The fourth-order valence-corrected chi connectivity index (χ4v) is 3.05. The van der Waals surface area contributed by atoms with Gasteiger partial charge >= 0.3 is 0 Å². The summed E-state index contributed by atoms with van der Waals surface area (Å²) in [7, 11) is 3.17. The molecule has 0 unspecified atom stereocenters. The highest BCUT2D eigenvalue weighted by Crippen LogP contribution is 2.24. The maximum Gasteiger partial charge on any atom is 0.282 e. The third-order valence-corrected chi connectivity index (χ3v) is 4.54. The van der Waals surface area contributed by atoms with Crippen molar-refractivity contribution in [2.75, 3.05) is 14.2 Å². The third-order valence-electron chi connectivity index (χ3n) is 4.54. The van der Waals surface area contributed by atoms with E-state index in [1.807, 2.05) is 60.7 Å². The van der Waals surface area contributed by atoms with Crippen molar-refractivity contribution in [3.63, 3.8) is 0 Å². The Morgan fingerprint density at radius 2 is 1.69 bits per heavy atom. The molecule has 3 aromatic carbocycles. The number of methoxy groups -OCH3 is 2. The van der Waals surface area contributed by atoms with Gasteiger partial charge in [0.1, 0.15) is 11.5 Å². The van der Waals surface area contributed by atoms with E-state index in [9.17, 15) is 4.79 Å². The van der Waals surface area contributed by atoms with Crippen LogP contribution in [0.3, 0.4) is 0 Å². The maximum atomic E-state index is 13.2. The van der Waals surface area contributed by atoms with Crippen LogP contribution in [0, 0.1) is 0 Å². The van der Waals surface area contributed by atoms with E-state index in [2.05, 4.69) is 10.1 Å². The van der Waals surface area contributed by atoms with Gasteiger partial charge in [-0.1, -0.05) is 42.5 Å². The second-order valence-electron chi connectivity index (χ2n) is 6.29. The number of aromatic nitrogens is 2. The Morgan fingerprint density at radius 1 is 0.931 bits per heavy atom. The highest BCUT2D eigenvalue weighted by Gasteiger charge is 2.12. The molecule has 0 N–H and O–H groups in total. The first-order valence-electron chi connectivity index (χ1n) is 9.05. The Morgan fingerprint density at radius 3 is 2.45 bits per heavy atom. The summed E-state index contributed by atoms with van der Waals surface area (Å²) in [6, 6.07) is 22.2. The molecule has 1 aromatic heterocycles. The van der Waals surface area contributed by atoms with Crippen molar-refractivity contribution in [2.45, 2.75) is 0 Å². The molecular formula is C23H19N3O3. The Bertz CT molecular complexity index is 1250. The van der Waals surface area contributed by atoms with E-state index in [1.165, 1.54) is 4.68 Å². The first-order valence-corrected chi connectivity index (χ1v) is 9.05. The van der Waals surface area contributed by atoms with Gasteiger partial charge in [-0.25, -0.2) is 4.98 Å². The zero-order chi connectivity index (χ0) is 20.2. The molecular weight excluding hydrogens is 366 g/mol. The van der Waals surface area contributed by atoms with E-state index in [4.69, 9.17) is 9.47 Å². The van der Waals surface area contributed by atoms with Gasteiger partial charge in [-0.2, -0.15) is 9.78 Å². The smallest absolute Gasteiger partial charge is 0.282 e. The third kappa shape index (κ3) is 3.60. The second kappa shape index (κ2) is 7.98. The summed E-state index contributed by atoms with van der Waals surface area (Å²) >= 11 is 0. The largest absolute Gasteiger partial charge is 0.497 e. The first kappa shape index (κ1) is 18.4. The van der Waals surface area contributed by atoms with E-state index >= 15 is 0 Å². The number of nitrogens with zero attached hydrogens (tertiary/aromatic N) is 3. The van der Waals surface area contributed by atoms with Crippen LogP contribution in [0.25, 0.3) is 22.3 Å². The average Bonchev–Trinajstić information content (AvgIpc) is 2.79. The summed E-state index contributed by atoms with van der Waals surface area (Å²) in [6.45, 7) is 0. The minimum Gasteiger partial charge on any atom is -0.497 e. The van der Waals surface area contributed by atoms with E-state index in [0.717, 1.165) is 5.56 Å². The summed E-state index contributed by atoms with van der Waals surface area (Å²) in [5, 5.41) is 4.97. The molecule has 0 aliphatic heterocycles. The molecule has 0 amide bonds. The lowest BCUT2D eigenvalue weighted by molar-refractivity contribution is 0.394. The monoisotopic (exact) mass is 385 g/mol. The summed E-state index contributed by atoms with van der Waals surface area (Å²) in [5.41, 5.74) is 1.91. The number of fused-ring (bicyclic) bond motifs is 1. The standard InChI is InChI=1S/C23H19N3O3/c1-28-18-13-12-17(21(14-18)29-2)15-24-26-22(16-8-4-3-5-9-16)25-20-11-7-6-10-19(20)23(26)27/h3-15H,1-2H3. The van der Waals surface area contributed by atoms with Crippen LogP contribution in [-0.2, 0) is 0 Å². The lowest BCUT2D eigenvalue weighted by atomic mass is 10.2. The molecule has 0 aliphatic rings. The zero-order valence-electron chi connectivity index (χ0n) is 16.1. The Hall–Kier alpha value is -3.93. The summed E-state index contributed by atoms with van der Waals surface area (Å²) < 4.78 is 12.0. The van der Waals surface area contributed by atoms with Crippen LogP contribution < -0.4 is 15.0 Å². The number of hydrogen-bond donors (Lipinski definition) is 0. The van der Waals surface area contributed by atoms with Crippen LogP contribution >= 0.6 is 0 Å². The predicted molar refractivity (Wildman–Crippen MR) is 114 cm³/mol. The molecule has 4 aromatic rings. The molecule has 0 saturated carbocycles. The van der Waals surface area contributed by atoms with Gasteiger partial charge in [0, 0.05) is 17.2 Å². The van der Waals surface area contributed by atoms with Crippen LogP contribution in [-0.4, -0.2) is 30.1 Å². The van der Waals surface area contributed by atoms with E-state index in [-0.39, 0.29) is 5.56 Å². The minimum atomic E-state index is -0.238. The van der Waals surface area contributed by atoms with Crippen molar-refractivity contribution in [2.24, 2.45) is 5.10 Å². The van der Waals surface area contributed by atoms with E-state index in [0.29, 0.717) is 33.8 Å². The molecule has 0 atom stereocenters.